The first-order valence-electron chi connectivity index (χ1n) is 11.5. The standard InChI is InChI=1S/C26H35N3O2/c1-3-26(31)29(20-23-9-7-8-21(2)18-23)24-12-10-22(11-13-24)19-25(30)27-14-17-28-15-5-4-6-16-28/h7-13,18H,3-6,14-17,19-20H2,1-2H3,(H,27,30). The number of anilines is 1. The number of nitrogens with zero attached hydrogens (tertiary/aromatic N) is 2. The smallest absolute Gasteiger partial charge is 0.227 e. The summed E-state index contributed by atoms with van der Waals surface area (Å²) in [6.07, 6.45) is 4.67. The maximum atomic E-state index is 12.6. The van der Waals surface area contributed by atoms with Crippen molar-refractivity contribution < 1.29 is 9.59 Å². The Labute approximate surface area is 186 Å². The lowest BCUT2D eigenvalue weighted by atomic mass is 10.1. The molecule has 1 fully saturated rings. The van der Waals surface area contributed by atoms with Crippen LogP contribution in [-0.4, -0.2) is 42.9 Å². The van der Waals surface area contributed by atoms with Crippen LogP contribution in [0, 0.1) is 6.92 Å². The van der Waals surface area contributed by atoms with E-state index in [0.29, 0.717) is 25.9 Å². The number of aryl methyl sites for hydroxylation is 1. The fraction of sp³-hybridized carbons (Fsp3) is 0.462. The third-order valence-electron chi connectivity index (χ3n) is 5.84. The highest BCUT2D eigenvalue weighted by Crippen LogP contribution is 2.20. The van der Waals surface area contributed by atoms with E-state index >= 15 is 0 Å². The molecule has 0 saturated carbocycles. The summed E-state index contributed by atoms with van der Waals surface area (Å²) in [5.41, 5.74) is 4.11. The van der Waals surface area contributed by atoms with E-state index in [9.17, 15) is 9.59 Å². The molecular formula is C26H35N3O2. The van der Waals surface area contributed by atoms with Gasteiger partial charge in [0.2, 0.25) is 11.8 Å². The maximum absolute atomic E-state index is 12.6. The molecule has 5 heteroatoms. The predicted octanol–water partition coefficient (Wildman–Crippen LogP) is 4.08. The number of likely N-dealkylation sites (tertiary alicyclic amines) is 1. The van der Waals surface area contributed by atoms with Crippen molar-refractivity contribution in [3.63, 3.8) is 0 Å². The molecule has 3 rings (SSSR count). The minimum Gasteiger partial charge on any atom is -0.355 e. The Hall–Kier alpha value is -2.66. The van der Waals surface area contributed by atoms with Gasteiger partial charge in [0.1, 0.15) is 0 Å². The Balaban J connectivity index is 1.55. The monoisotopic (exact) mass is 421 g/mol. The third-order valence-corrected chi connectivity index (χ3v) is 5.84. The molecule has 1 aliphatic rings. The van der Waals surface area contributed by atoms with E-state index in [1.165, 1.54) is 24.8 Å². The molecule has 0 aliphatic carbocycles. The first kappa shape index (κ1) is 23.0. The average molecular weight is 422 g/mol. The van der Waals surface area contributed by atoms with Crippen LogP contribution in [0.2, 0.25) is 0 Å². The summed E-state index contributed by atoms with van der Waals surface area (Å²) in [7, 11) is 0. The Morgan fingerprint density at radius 2 is 1.74 bits per heavy atom. The van der Waals surface area contributed by atoms with Gasteiger partial charge in [-0.05, 0) is 56.1 Å². The molecule has 0 atom stereocenters. The van der Waals surface area contributed by atoms with Crippen LogP contribution in [0.5, 0.6) is 0 Å². The van der Waals surface area contributed by atoms with Gasteiger partial charge in [0.15, 0.2) is 0 Å². The molecule has 166 valence electrons. The number of carbonyl (C=O) groups is 2. The van der Waals surface area contributed by atoms with Crippen molar-refractivity contribution >= 4 is 17.5 Å². The van der Waals surface area contributed by atoms with Crippen molar-refractivity contribution in [2.24, 2.45) is 0 Å². The Kier molecular flexibility index (Phi) is 8.65. The summed E-state index contributed by atoms with van der Waals surface area (Å²) in [5, 5.41) is 3.04. The van der Waals surface area contributed by atoms with Crippen LogP contribution in [0.3, 0.4) is 0 Å². The van der Waals surface area contributed by atoms with E-state index in [1.54, 1.807) is 0 Å². The summed E-state index contributed by atoms with van der Waals surface area (Å²) in [6, 6.07) is 16.0. The highest BCUT2D eigenvalue weighted by atomic mass is 16.2. The Morgan fingerprint density at radius 1 is 1.00 bits per heavy atom. The number of rotatable bonds is 9. The molecule has 31 heavy (non-hydrogen) atoms. The minimum atomic E-state index is 0.0472. The Morgan fingerprint density at radius 3 is 2.42 bits per heavy atom. The second kappa shape index (κ2) is 11.7. The molecule has 2 amide bonds. The van der Waals surface area contributed by atoms with Crippen molar-refractivity contribution in [1.29, 1.82) is 0 Å². The highest BCUT2D eigenvalue weighted by molar-refractivity contribution is 5.93. The number of hydrogen-bond donors (Lipinski definition) is 1. The molecule has 0 radical (unpaired) electrons. The molecular weight excluding hydrogens is 386 g/mol. The fourth-order valence-electron chi connectivity index (χ4n) is 4.09. The van der Waals surface area contributed by atoms with Gasteiger partial charge in [-0.15, -0.1) is 0 Å². The number of hydrogen-bond acceptors (Lipinski definition) is 3. The largest absolute Gasteiger partial charge is 0.355 e. The minimum absolute atomic E-state index is 0.0472. The maximum Gasteiger partial charge on any atom is 0.227 e. The van der Waals surface area contributed by atoms with Gasteiger partial charge >= 0.3 is 0 Å². The number of piperidine rings is 1. The molecule has 1 saturated heterocycles. The summed E-state index contributed by atoms with van der Waals surface area (Å²) in [5.74, 6) is 0.135. The van der Waals surface area contributed by atoms with Crippen LogP contribution < -0.4 is 10.2 Å². The third kappa shape index (κ3) is 7.21. The van der Waals surface area contributed by atoms with Crippen molar-refractivity contribution in [1.82, 2.24) is 10.2 Å². The zero-order chi connectivity index (χ0) is 22.1. The number of carbonyl (C=O) groups excluding carboxylic acids is 2. The number of benzene rings is 2. The van der Waals surface area contributed by atoms with Crippen LogP contribution >= 0.6 is 0 Å². The molecule has 0 bridgehead atoms. The summed E-state index contributed by atoms with van der Waals surface area (Å²) >= 11 is 0. The van der Waals surface area contributed by atoms with E-state index in [4.69, 9.17) is 0 Å². The zero-order valence-corrected chi connectivity index (χ0v) is 18.9. The first-order chi connectivity index (χ1) is 15.0. The molecule has 0 unspecified atom stereocenters. The quantitative estimate of drug-likeness (QED) is 0.664. The highest BCUT2D eigenvalue weighted by Gasteiger charge is 2.15. The molecule has 1 heterocycles. The number of nitrogens with one attached hydrogen (secondary N) is 1. The van der Waals surface area contributed by atoms with Gasteiger partial charge in [-0.1, -0.05) is 55.3 Å². The van der Waals surface area contributed by atoms with Crippen LogP contribution in [-0.2, 0) is 22.6 Å². The van der Waals surface area contributed by atoms with Crippen molar-refractivity contribution in [2.75, 3.05) is 31.1 Å². The lowest BCUT2D eigenvalue weighted by Crippen LogP contribution is -2.38. The average Bonchev–Trinajstić information content (AvgIpc) is 2.78. The van der Waals surface area contributed by atoms with Gasteiger partial charge in [-0.25, -0.2) is 0 Å². The lowest BCUT2D eigenvalue weighted by Gasteiger charge is -2.26. The summed E-state index contributed by atoms with van der Waals surface area (Å²) < 4.78 is 0. The fourth-order valence-corrected chi connectivity index (χ4v) is 4.09. The molecule has 2 aromatic carbocycles. The lowest BCUT2D eigenvalue weighted by molar-refractivity contribution is -0.120. The van der Waals surface area contributed by atoms with Crippen molar-refractivity contribution in [3.05, 3.63) is 65.2 Å². The van der Waals surface area contributed by atoms with E-state index in [0.717, 1.165) is 36.4 Å². The first-order valence-corrected chi connectivity index (χ1v) is 11.5. The van der Waals surface area contributed by atoms with E-state index in [2.05, 4.69) is 29.3 Å². The predicted molar refractivity (Wildman–Crippen MR) is 126 cm³/mol. The molecule has 1 N–H and O–H groups in total. The van der Waals surface area contributed by atoms with Crippen molar-refractivity contribution in [3.8, 4) is 0 Å². The summed E-state index contributed by atoms with van der Waals surface area (Å²) in [6.45, 7) is 8.41. The molecule has 2 aromatic rings. The Bertz CT molecular complexity index is 857. The van der Waals surface area contributed by atoms with Crippen LogP contribution in [0.25, 0.3) is 0 Å². The van der Waals surface area contributed by atoms with Gasteiger partial charge in [-0.2, -0.15) is 0 Å². The molecule has 5 nitrogen and oxygen atoms in total. The molecule has 0 spiro atoms. The van der Waals surface area contributed by atoms with Crippen LogP contribution in [0.1, 0.15) is 49.3 Å². The van der Waals surface area contributed by atoms with Gasteiger partial charge in [0.05, 0.1) is 13.0 Å². The number of amides is 2. The summed E-state index contributed by atoms with van der Waals surface area (Å²) in [4.78, 5) is 29.1. The van der Waals surface area contributed by atoms with E-state index in [1.807, 2.05) is 48.2 Å². The second-order valence-corrected chi connectivity index (χ2v) is 8.42. The van der Waals surface area contributed by atoms with Crippen molar-refractivity contribution in [2.45, 2.75) is 52.5 Å². The van der Waals surface area contributed by atoms with Crippen LogP contribution in [0.4, 0.5) is 5.69 Å². The zero-order valence-electron chi connectivity index (χ0n) is 18.9. The molecule has 0 aromatic heterocycles. The molecule has 1 aliphatic heterocycles. The van der Waals surface area contributed by atoms with Gasteiger partial charge < -0.3 is 15.1 Å². The van der Waals surface area contributed by atoms with Crippen LogP contribution in [0.15, 0.2) is 48.5 Å². The SMILES string of the molecule is CCC(=O)N(Cc1cccc(C)c1)c1ccc(CC(=O)NCCN2CCCCC2)cc1. The van der Waals surface area contributed by atoms with Gasteiger partial charge in [0, 0.05) is 25.2 Å². The topological polar surface area (TPSA) is 52.7 Å². The normalized spacial score (nSPS) is 14.3. The van der Waals surface area contributed by atoms with E-state index in [-0.39, 0.29) is 11.8 Å². The second-order valence-electron chi connectivity index (χ2n) is 8.42. The van der Waals surface area contributed by atoms with Gasteiger partial charge in [-0.3, -0.25) is 9.59 Å². The van der Waals surface area contributed by atoms with E-state index < -0.39 is 0 Å². The van der Waals surface area contributed by atoms with Gasteiger partial charge in [0.25, 0.3) is 0 Å².